The van der Waals surface area contributed by atoms with E-state index in [4.69, 9.17) is 9.89 Å². The van der Waals surface area contributed by atoms with Crippen LogP contribution in [0, 0.1) is 4.78 Å². The number of hydrogen-bond donors (Lipinski definition) is 2. The van der Waals surface area contributed by atoms with Crippen LogP contribution in [-0.4, -0.2) is 27.3 Å². The summed E-state index contributed by atoms with van der Waals surface area (Å²) in [5, 5.41) is 8.07. The first-order valence-electron chi connectivity index (χ1n) is 2.35. The van der Waals surface area contributed by atoms with E-state index in [0.29, 0.717) is 0 Å². The molecule has 0 spiro atoms. The van der Waals surface area contributed by atoms with Gasteiger partial charge < -0.3 is 5.11 Å². The highest BCUT2D eigenvalue weighted by Crippen LogP contribution is 1.88. The minimum Gasteiger partial charge on any atom is -0.481 e. The predicted octanol–water partition coefficient (Wildman–Crippen LogP) is 0.559. The second-order valence-corrected chi connectivity index (χ2v) is 4.27. The van der Waals surface area contributed by atoms with E-state index in [-0.39, 0.29) is 24.6 Å². The van der Waals surface area contributed by atoms with Crippen LogP contribution in [0.3, 0.4) is 0 Å². The molecule has 0 heterocycles. The zero-order valence-electron chi connectivity index (χ0n) is 5.49. The van der Waals surface area contributed by atoms with Crippen molar-refractivity contribution in [3.63, 3.8) is 0 Å². The molecule has 1 atom stereocenters. The standard InChI is InChI=1S/C4H9NO3S.ClH/c1-9(5,8)3-2-4(6)7;/h5H,2-3H2,1H3,(H,6,7);1H. The van der Waals surface area contributed by atoms with E-state index < -0.39 is 15.7 Å². The second-order valence-electron chi connectivity index (χ2n) is 1.85. The zero-order valence-corrected chi connectivity index (χ0v) is 7.13. The van der Waals surface area contributed by atoms with E-state index in [1.165, 1.54) is 6.26 Å². The molecule has 4 nitrogen and oxygen atoms in total. The summed E-state index contributed by atoms with van der Waals surface area (Å²) < 4.78 is 17.3. The zero-order chi connectivity index (χ0) is 7.49. The molecule has 0 bridgehead atoms. The monoisotopic (exact) mass is 187 g/mol. The van der Waals surface area contributed by atoms with Gasteiger partial charge in [0.25, 0.3) is 0 Å². The molecule has 0 radical (unpaired) electrons. The van der Waals surface area contributed by atoms with E-state index in [2.05, 4.69) is 0 Å². The largest absolute Gasteiger partial charge is 0.481 e. The van der Waals surface area contributed by atoms with Crippen LogP contribution in [0.5, 0.6) is 0 Å². The van der Waals surface area contributed by atoms with Gasteiger partial charge in [-0.1, -0.05) is 0 Å². The fraction of sp³-hybridized carbons (Fsp3) is 0.750. The molecule has 0 rings (SSSR count). The molecule has 0 aromatic heterocycles. The number of aliphatic carboxylic acids is 1. The summed E-state index contributed by atoms with van der Waals surface area (Å²) >= 11 is 0. The van der Waals surface area contributed by atoms with E-state index in [0.717, 1.165) is 0 Å². The van der Waals surface area contributed by atoms with Crippen LogP contribution in [0.1, 0.15) is 6.42 Å². The topological polar surface area (TPSA) is 78.2 Å². The van der Waals surface area contributed by atoms with E-state index in [1.807, 2.05) is 0 Å². The van der Waals surface area contributed by atoms with Crippen LogP contribution >= 0.6 is 12.4 Å². The molecule has 2 N–H and O–H groups in total. The van der Waals surface area contributed by atoms with Crippen LogP contribution in [0.4, 0.5) is 0 Å². The van der Waals surface area contributed by atoms with Crippen molar-refractivity contribution in [2.75, 3.05) is 12.0 Å². The average molecular weight is 188 g/mol. The maximum atomic E-state index is 10.5. The van der Waals surface area contributed by atoms with Crippen molar-refractivity contribution in [1.29, 1.82) is 4.78 Å². The Morgan fingerprint density at radius 3 is 2.20 bits per heavy atom. The van der Waals surface area contributed by atoms with Gasteiger partial charge in [-0.25, -0.2) is 0 Å². The van der Waals surface area contributed by atoms with Crippen LogP contribution < -0.4 is 0 Å². The molecular weight excluding hydrogens is 178 g/mol. The van der Waals surface area contributed by atoms with Crippen LogP contribution in [0.25, 0.3) is 0 Å². The van der Waals surface area contributed by atoms with E-state index >= 15 is 0 Å². The molecule has 0 aliphatic carbocycles. The first-order chi connectivity index (χ1) is 3.92. The number of carboxylic acid groups (broad SMARTS) is 1. The van der Waals surface area contributed by atoms with Crippen LogP contribution in [0.15, 0.2) is 0 Å². The van der Waals surface area contributed by atoms with Gasteiger partial charge in [0.1, 0.15) is 0 Å². The van der Waals surface area contributed by atoms with Crippen molar-refractivity contribution in [2.45, 2.75) is 6.42 Å². The molecule has 10 heavy (non-hydrogen) atoms. The van der Waals surface area contributed by atoms with E-state index in [1.54, 1.807) is 0 Å². The molecule has 0 saturated heterocycles. The Kier molecular flexibility index (Phi) is 5.59. The quantitative estimate of drug-likeness (QED) is 0.678. The summed E-state index contributed by atoms with van der Waals surface area (Å²) in [4.78, 5) is 9.84. The Morgan fingerprint density at radius 2 is 2.10 bits per heavy atom. The smallest absolute Gasteiger partial charge is 0.304 e. The number of carboxylic acids is 1. The third kappa shape index (κ3) is 10.6. The summed E-state index contributed by atoms with van der Waals surface area (Å²) in [5.41, 5.74) is 0. The molecule has 6 heteroatoms. The van der Waals surface area contributed by atoms with Crippen LogP contribution in [0.2, 0.25) is 0 Å². The van der Waals surface area contributed by atoms with Crippen molar-refractivity contribution >= 4 is 28.1 Å². The lowest BCUT2D eigenvalue weighted by Crippen LogP contribution is -2.06. The minimum atomic E-state index is -2.60. The number of nitrogens with one attached hydrogen (secondary N) is 1. The highest BCUT2D eigenvalue weighted by atomic mass is 35.5. The van der Waals surface area contributed by atoms with Gasteiger partial charge in [0.15, 0.2) is 0 Å². The van der Waals surface area contributed by atoms with Gasteiger partial charge >= 0.3 is 5.97 Å². The molecule has 0 aromatic rings. The molecule has 0 amide bonds. The molecule has 62 valence electrons. The van der Waals surface area contributed by atoms with Gasteiger partial charge in [-0.05, 0) is 0 Å². The summed E-state index contributed by atoms with van der Waals surface area (Å²) in [6.45, 7) is 0. The minimum absolute atomic E-state index is 0. The number of halogens is 1. The van der Waals surface area contributed by atoms with Gasteiger partial charge in [0.2, 0.25) is 0 Å². The normalized spacial score (nSPS) is 14.9. The summed E-state index contributed by atoms with van der Waals surface area (Å²) in [6.07, 6.45) is 1.05. The van der Waals surface area contributed by atoms with Crippen molar-refractivity contribution in [3.8, 4) is 0 Å². The second kappa shape index (κ2) is 4.51. The first kappa shape index (κ1) is 12.4. The SMILES string of the molecule is CS(=N)(=O)CCC(=O)O.Cl. The Bertz CT molecular complexity index is 199. The van der Waals surface area contributed by atoms with E-state index in [9.17, 15) is 9.00 Å². The maximum absolute atomic E-state index is 10.5. The molecule has 0 aromatic carbocycles. The van der Waals surface area contributed by atoms with Crippen LogP contribution in [-0.2, 0) is 14.5 Å². The Hall–Kier alpha value is -0.290. The maximum Gasteiger partial charge on any atom is 0.304 e. The van der Waals surface area contributed by atoms with Gasteiger partial charge in [-0.3, -0.25) is 13.8 Å². The molecule has 0 aliphatic heterocycles. The lowest BCUT2D eigenvalue weighted by molar-refractivity contribution is -0.136. The Balaban J connectivity index is 0. The molecule has 1 unspecified atom stereocenters. The van der Waals surface area contributed by atoms with Gasteiger partial charge in [-0.2, -0.15) is 0 Å². The first-order valence-corrected chi connectivity index (χ1v) is 4.48. The van der Waals surface area contributed by atoms with Gasteiger partial charge in [0.05, 0.1) is 6.42 Å². The summed E-state index contributed by atoms with van der Waals surface area (Å²) in [5.74, 6) is -1.06. The fourth-order valence-electron chi connectivity index (χ4n) is 0.282. The van der Waals surface area contributed by atoms with Crippen molar-refractivity contribution in [3.05, 3.63) is 0 Å². The highest BCUT2D eigenvalue weighted by molar-refractivity contribution is 7.91. The molecule has 0 saturated carbocycles. The fourth-order valence-corrected chi connectivity index (χ4v) is 0.846. The summed E-state index contributed by atoms with van der Waals surface area (Å²) in [6, 6.07) is 0. The highest BCUT2D eigenvalue weighted by Gasteiger charge is 2.01. The molecular formula is C4H10ClNO3S. The van der Waals surface area contributed by atoms with Gasteiger partial charge in [0, 0.05) is 21.7 Å². The Labute approximate surface area is 66.0 Å². The third-order valence-corrected chi connectivity index (χ3v) is 1.69. The number of carbonyl (C=O) groups is 1. The predicted molar refractivity (Wildman–Crippen MR) is 41.2 cm³/mol. The molecule has 0 fully saturated rings. The summed E-state index contributed by atoms with van der Waals surface area (Å²) in [7, 11) is -2.60. The third-order valence-electron chi connectivity index (χ3n) is 0.705. The van der Waals surface area contributed by atoms with Gasteiger partial charge in [-0.15, -0.1) is 12.4 Å². The van der Waals surface area contributed by atoms with Crippen molar-refractivity contribution < 1.29 is 14.1 Å². The lowest BCUT2D eigenvalue weighted by Gasteiger charge is -1.94. The van der Waals surface area contributed by atoms with Crippen molar-refractivity contribution in [1.82, 2.24) is 0 Å². The number of rotatable bonds is 3. The Morgan fingerprint density at radius 1 is 1.70 bits per heavy atom. The number of hydrogen-bond acceptors (Lipinski definition) is 3. The van der Waals surface area contributed by atoms with Crippen molar-refractivity contribution in [2.24, 2.45) is 0 Å². The average Bonchev–Trinajstić information content (AvgIpc) is 1.59. The lowest BCUT2D eigenvalue weighted by atomic mass is 10.5. The molecule has 0 aliphatic rings.